The Labute approximate surface area is 79.5 Å². The second-order valence-electron chi connectivity index (χ2n) is 2.48. The molecule has 66 valence electrons. The van der Waals surface area contributed by atoms with Crippen molar-refractivity contribution in [2.75, 3.05) is 0 Å². The zero-order chi connectivity index (χ0) is 10.0. The topological polar surface area (TPSA) is 40.9 Å². The van der Waals surface area contributed by atoms with Crippen LogP contribution in [0.2, 0.25) is 5.02 Å². The molecule has 0 N–H and O–H groups in total. The Morgan fingerprint density at radius 3 is 2.69 bits per heavy atom. The maximum absolute atomic E-state index is 12.9. The van der Waals surface area contributed by atoms with Gasteiger partial charge in [0.1, 0.15) is 11.9 Å². The standard InChI is InChI=1S/C9H5ClFNO/c1-5(13)7-2-6(4-12)9(11)3-8(7)10/h2-3H,1H3. The lowest BCUT2D eigenvalue weighted by molar-refractivity contribution is 0.101. The highest BCUT2D eigenvalue weighted by Gasteiger charge is 2.10. The van der Waals surface area contributed by atoms with E-state index in [1.807, 2.05) is 0 Å². The van der Waals surface area contributed by atoms with Crippen LogP contribution in [-0.4, -0.2) is 5.78 Å². The lowest BCUT2D eigenvalue weighted by Gasteiger charge is -2.00. The van der Waals surface area contributed by atoms with Gasteiger partial charge in [0.05, 0.1) is 10.6 Å². The van der Waals surface area contributed by atoms with Crippen molar-refractivity contribution in [1.29, 1.82) is 5.26 Å². The number of rotatable bonds is 1. The fraction of sp³-hybridized carbons (Fsp3) is 0.111. The second-order valence-corrected chi connectivity index (χ2v) is 2.89. The summed E-state index contributed by atoms with van der Waals surface area (Å²) in [4.78, 5) is 10.9. The van der Waals surface area contributed by atoms with Gasteiger partial charge in [0.2, 0.25) is 0 Å². The Kier molecular flexibility index (Phi) is 2.64. The molecule has 0 amide bonds. The molecule has 1 rings (SSSR count). The zero-order valence-electron chi connectivity index (χ0n) is 6.77. The zero-order valence-corrected chi connectivity index (χ0v) is 7.52. The first kappa shape index (κ1) is 9.69. The van der Waals surface area contributed by atoms with Gasteiger partial charge in [-0.2, -0.15) is 5.26 Å². The third-order valence-corrected chi connectivity index (χ3v) is 1.87. The molecule has 4 heteroatoms. The van der Waals surface area contributed by atoms with E-state index in [-0.39, 0.29) is 21.9 Å². The molecule has 1 aromatic rings. The number of halogens is 2. The van der Waals surface area contributed by atoms with Crippen LogP contribution in [0.4, 0.5) is 4.39 Å². The van der Waals surface area contributed by atoms with E-state index in [9.17, 15) is 9.18 Å². The van der Waals surface area contributed by atoms with Crippen LogP contribution in [0.15, 0.2) is 12.1 Å². The molecule has 0 fully saturated rings. The van der Waals surface area contributed by atoms with E-state index in [0.717, 1.165) is 12.1 Å². The van der Waals surface area contributed by atoms with Crippen molar-refractivity contribution in [3.63, 3.8) is 0 Å². The molecule has 0 atom stereocenters. The van der Waals surface area contributed by atoms with Crippen LogP contribution in [0.5, 0.6) is 0 Å². The van der Waals surface area contributed by atoms with E-state index >= 15 is 0 Å². The number of nitrogens with zero attached hydrogens (tertiary/aromatic N) is 1. The van der Waals surface area contributed by atoms with Gasteiger partial charge in [-0.25, -0.2) is 4.39 Å². The highest BCUT2D eigenvalue weighted by atomic mass is 35.5. The quantitative estimate of drug-likeness (QED) is 0.650. The Morgan fingerprint density at radius 2 is 2.23 bits per heavy atom. The van der Waals surface area contributed by atoms with Gasteiger partial charge >= 0.3 is 0 Å². The van der Waals surface area contributed by atoms with Crippen LogP contribution in [0.1, 0.15) is 22.8 Å². The highest BCUT2D eigenvalue weighted by molar-refractivity contribution is 6.33. The number of carbonyl (C=O) groups excluding carboxylic acids is 1. The molecule has 0 unspecified atom stereocenters. The summed E-state index contributed by atoms with van der Waals surface area (Å²) in [7, 11) is 0. The second kappa shape index (κ2) is 3.55. The summed E-state index contributed by atoms with van der Waals surface area (Å²) in [6.45, 7) is 1.31. The van der Waals surface area contributed by atoms with E-state index in [0.29, 0.717) is 0 Å². The van der Waals surface area contributed by atoms with Crippen molar-refractivity contribution < 1.29 is 9.18 Å². The minimum Gasteiger partial charge on any atom is -0.294 e. The number of hydrogen-bond donors (Lipinski definition) is 0. The molecule has 1 aromatic carbocycles. The van der Waals surface area contributed by atoms with Gasteiger partial charge in [0.15, 0.2) is 5.78 Å². The molecular weight excluding hydrogens is 193 g/mol. The SMILES string of the molecule is CC(=O)c1cc(C#N)c(F)cc1Cl. The van der Waals surface area contributed by atoms with Crippen LogP contribution >= 0.6 is 11.6 Å². The maximum Gasteiger partial charge on any atom is 0.161 e. The summed E-state index contributed by atoms with van der Waals surface area (Å²) in [5.74, 6) is -1.00. The number of carbonyl (C=O) groups is 1. The van der Waals surface area contributed by atoms with Gasteiger partial charge in [-0.1, -0.05) is 11.6 Å². The first-order valence-corrected chi connectivity index (χ1v) is 3.84. The fourth-order valence-corrected chi connectivity index (χ4v) is 1.19. The monoisotopic (exact) mass is 197 g/mol. The third-order valence-electron chi connectivity index (χ3n) is 1.56. The van der Waals surface area contributed by atoms with Crippen LogP contribution in [0.25, 0.3) is 0 Å². The number of Topliss-reactive ketones (excluding diaryl/α,β-unsaturated/α-hetero) is 1. The van der Waals surface area contributed by atoms with Crippen molar-refractivity contribution in [2.45, 2.75) is 6.92 Å². The van der Waals surface area contributed by atoms with Gasteiger partial charge in [0, 0.05) is 5.56 Å². The molecule has 0 spiro atoms. The average molecular weight is 198 g/mol. The van der Waals surface area contributed by atoms with E-state index in [2.05, 4.69) is 0 Å². The van der Waals surface area contributed by atoms with Crippen molar-refractivity contribution in [3.8, 4) is 6.07 Å². The van der Waals surface area contributed by atoms with Crippen molar-refractivity contribution >= 4 is 17.4 Å². The first-order chi connectivity index (χ1) is 6.06. The van der Waals surface area contributed by atoms with E-state index < -0.39 is 5.82 Å². The maximum atomic E-state index is 12.9. The fourth-order valence-electron chi connectivity index (χ4n) is 0.904. The third kappa shape index (κ3) is 1.85. The largest absolute Gasteiger partial charge is 0.294 e. The van der Waals surface area contributed by atoms with Gasteiger partial charge in [0.25, 0.3) is 0 Å². The van der Waals surface area contributed by atoms with E-state index in [1.54, 1.807) is 6.07 Å². The van der Waals surface area contributed by atoms with Gasteiger partial charge in [-0.3, -0.25) is 4.79 Å². The molecule has 13 heavy (non-hydrogen) atoms. The predicted molar refractivity (Wildman–Crippen MR) is 46.1 cm³/mol. The molecule has 0 bridgehead atoms. The van der Waals surface area contributed by atoms with Crippen LogP contribution in [0.3, 0.4) is 0 Å². The first-order valence-electron chi connectivity index (χ1n) is 3.46. The normalized spacial score (nSPS) is 9.38. The van der Waals surface area contributed by atoms with Crippen LogP contribution < -0.4 is 0 Å². The lowest BCUT2D eigenvalue weighted by atomic mass is 10.1. The molecule has 0 aliphatic carbocycles. The summed E-state index contributed by atoms with van der Waals surface area (Å²) < 4.78 is 12.9. The molecule has 0 radical (unpaired) electrons. The van der Waals surface area contributed by atoms with Crippen molar-refractivity contribution in [1.82, 2.24) is 0 Å². The average Bonchev–Trinajstić information content (AvgIpc) is 2.03. The van der Waals surface area contributed by atoms with Crippen molar-refractivity contribution in [2.24, 2.45) is 0 Å². The van der Waals surface area contributed by atoms with Crippen molar-refractivity contribution in [3.05, 3.63) is 34.1 Å². The number of benzene rings is 1. The summed E-state index contributed by atoms with van der Waals surface area (Å²) in [5, 5.41) is 8.50. The summed E-state index contributed by atoms with van der Waals surface area (Å²) in [5.41, 5.74) is -0.00535. The smallest absolute Gasteiger partial charge is 0.161 e. The molecule has 2 nitrogen and oxygen atoms in total. The minimum absolute atomic E-state index is 0.0315. The lowest BCUT2D eigenvalue weighted by Crippen LogP contribution is -1.96. The molecule has 0 aromatic heterocycles. The summed E-state index contributed by atoms with van der Waals surface area (Å²) in [6, 6.07) is 3.75. The Morgan fingerprint density at radius 1 is 1.62 bits per heavy atom. The number of nitriles is 1. The van der Waals surface area contributed by atoms with Gasteiger partial charge in [-0.15, -0.1) is 0 Å². The predicted octanol–water partition coefficient (Wildman–Crippen LogP) is 2.55. The minimum atomic E-state index is -0.711. The number of hydrogen-bond acceptors (Lipinski definition) is 2. The molecule has 0 aliphatic heterocycles. The highest BCUT2D eigenvalue weighted by Crippen LogP contribution is 2.20. The van der Waals surface area contributed by atoms with Crippen LogP contribution in [0, 0.1) is 17.1 Å². The molecule has 0 saturated heterocycles. The van der Waals surface area contributed by atoms with E-state index in [1.165, 1.54) is 6.92 Å². The molecule has 0 saturated carbocycles. The van der Waals surface area contributed by atoms with E-state index in [4.69, 9.17) is 16.9 Å². The molecular formula is C9H5ClFNO. The van der Waals surface area contributed by atoms with Gasteiger partial charge in [-0.05, 0) is 19.1 Å². The Bertz CT molecular complexity index is 409. The molecule has 0 aliphatic rings. The summed E-state index contributed by atoms with van der Waals surface area (Å²) in [6.07, 6.45) is 0. The number of ketones is 1. The van der Waals surface area contributed by atoms with Gasteiger partial charge < -0.3 is 0 Å². The Balaban J connectivity index is 3.41. The summed E-state index contributed by atoms with van der Waals surface area (Å²) >= 11 is 5.58. The molecule has 0 heterocycles. The Hall–Kier alpha value is -1.40. The van der Waals surface area contributed by atoms with Crippen LogP contribution in [-0.2, 0) is 0 Å².